The fourth-order valence-corrected chi connectivity index (χ4v) is 3.56. The second kappa shape index (κ2) is 9.01. The molecule has 0 heterocycles. The van der Waals surface area contributed by atoms with Gasteiger partial charge in [0.05, 0.1) is 6.04 Å². The summed E-state index contributed by atoms with van der Waals surface area (Å²) < 4.78 is 0. The number of hydrogen-bond donors (Lipinski definition) is 3. The summed E-state index contributed by atoms with van der Waals surface area (Å²) >= 11 is 0. The molecule has 24 heavy (non-hydrogen) atoms. The lowest BCUT2D eigenvalue weighted by molar-refractivity contribution is -0.136. The van der Waals surface area contributed by atoms with Crippen LogP contribution in [0.2, 0.25) is 0 Å². The smallest absolute Gasteiger partial charge is 0.239 e. The van der Waals surface area contributed by atoms with E-state index in [0.29, 0.717) is 25.4 Å². The first-order valence-corrected chi connectivity index (χ1v) is 9.01. The Kier molecular flexibility index (Phi) is 7.02. The highest BCUT2D eigenvalue weighted by Gasteiger charge is 2.34. The maximum atomic E-state index is 12.5. The second-order valence-electron chi connectivity index (χ2n) is 7.06. The SMILES string of the molecule is CN(C(=O)[C@@H](N)C1CCC(NC(=O)CCNC=O)CC1)C1CCC1. The van der Waals surface area contributed by atoms with Crippen LogP contribution in [0.4, 0.5) is 0 Å². The molecule has 0 aromatic heterocycles. The quantitative estimate of drug-likeness (QED) is 0.432. The van der Waals surface area contributed by atoms with Gasteiger partial charge in [0.1, 0.15) is 0 Å². The Labute approximate surface area is 143 Å². The molecular formula is C17H30N4O3. The van der Waals surface area contributed by atoms with Crippen LogP contribution in [0, 0.1) is 5.92 Å². The van der Waals surface area contributed by atoms with E-state index < -0.39 is 6.04 Å². The van der Waals surface area contributed by atoms with Crippen LogP contribution in [0.5, 0.6) is 0 Å². The Balaban J connectivity index is 1.70. The van der Waals surface area contributed by atoms with Crippen LogP contribution < -0.4 is 16.4 Å². The molecule has 2 aliphatic rings. The molecule has 7 heteroatoms. The Morgan fingerprint density at radius 3 is 2.42 bits per heavy atom. The standard InChI is InChI=1S/C17H30N4O3/c1-21(14-3-2-4-14)17(24)16(18)12-5-7-13(8-6-12)20-15(23)9-10-19-11-22/h11-14,16H,2-10,18H2,1H3,(H,19,22)(H,20,23)/t12?,13?,16-/m0/s1. The Morgan fingerprint density at radius 1 is 1.21 bits per heavy atom. The molecule has 1 atom stereocenters. The van der Waals surface area contributed by atoms with Crippen LogP contribution in [0.1, 0.15) is 51.4 Å². The highest BCUT2D eigenvalue weighted by atomic mass is 16.2. The van der Waals surface area contributed by atoms with Crippen molar-refractivity contribution < 1.29 is 14.4 Å². The predicted octanol–water partition coefficient (Wildman–Crippen LogP) is 0.136. The minimum atomic E-state index is -0.427. The molecular weight excluding hydrogens is 308 g/mol. The average molecular weight is 338 g/mol. The monoisotopic (exact) mass is 338 g/mol. The highest BCUT2D eigenvalue weighted by molar-refractivity contribution is 5.82. The maximum Gasteiger partial charge on any atom is 0.239 e. The van der Waals surface area contributed by atoms with Crippen molar-refractivity contribution in [1.29, 1.82) is 0 Å². The molecule has 0 aromatic carbocycles. The number of nitrogens with zero attached hydrogens (tertiary/aromatic N) is 1. The molecule has 0 bridgehead atoms. The van der Waals surface area contributed by atoms with Gasteiger partial charge in [0, 0.05) is 32.1 Å². The number of likely N-dealkylation sites (N-methyl/N-ethyl adjacent to an activating group) is 1. The van der Waals surface area contributed by atoms with E-state index in [1.807, 2.05) is 11.9 Å². The number of nitrogens with one attached hydrogen (secondary N) is 2. The molecule has 2 saturated carbocycles. The molecule has 3 amide bonds. The van der Waals surface area contributed by atoms with Gasteiger partial charge in [-0.15, -0.1) is 0 Å². The number of rotatable bonds is 8. The third kappa shape index (κ3) is 4.93. The van der Waals surface area contributed by atoms with Crippen LogP contribution in [-0.4, -0.2) is 54.8 Å². The Bertz CT molecular complexity index is 445. The lowest BCUT2D eigenvalue weighted by Gasteiger charge is -2.38. The van der Waals surface area contributed by atoms with E-state index in [1.165, 1.54) is 6.42 Å². The van der Waals surface area contributed by atoms with Gasteiger partial charge in [-0.2, -0.15) is 0 Å². The number of amides is 3. The molecule has 7 nitrogen and oxygen atoms in total. The van der Waals surface area contributed by atoms with Crippen LogP contribution in [0.25, 0.3) is 0 Å². The van der Waals surface area contributed by atoms with E-state index in [4.69, 9.17) is 5.73 Å². The molecule has 0 spiro atoms. The first-order valence-electron chi connectivity index (χ1n) is 9.01. The van der Waals surface area contributed by atoms with E-state index in [9.17, 15) is 14.4 Å². The van der Waals surface area contributed by atoms with Crippen molar-refractivity contribution in [3.05, 3.63) is 0 Å². The van der Waals surface area contributed by atoms with Gasteiger partial charge >= 0.3 is 0 Å². The molecule has 0 unspecified atom stereocenters. The van der Waals surface area contributed by atoms with Crippen molar-refractivity contribution in [2.24, 2.45) is 11.7 Å². The van der Waals surface area contributed by atoms with Gasteiger partial charge < -0.3 is 21.3 Å². The van der Waals surface area contributed by atoms with Gasteiger partial charge in [0.15, 0.2) is 0 Å². The van der Waals surface area contributed by atoms with Gasteiger partial charge in [-0.1, -0.05) is 0 Å². The van der Waals surface area contributed by atoms with Crippen molar-refractivity contribution in [1.82, 2.24) is 15.5 Å². The van der Waals surface area contributed by atoms with E-state index in [2.05, 4.69) is 10.6 Å². The largest absolute Gasteiger partial charge is 0.358 e. The summed E-state index contributed by atoms with van der Waals surface area (Å²) in [7, 11) is 1.87. The highest BCUT2D eigenvalue weighted by Crippen LogP contribution is 2.29. The summed E-state index contributed by atoms with van der Waals surface area (Å²) in [5.41, 5.74) is 6.22. The van der Waals surface area contributed by atoms with E-state index in [0.717, 1.165) is 38.5 Å². The van der Waals surface area contributed by atoms with Crippen molar-refractivity contribution in [2.75, 3.05) is 13.6 Å². The molecule has 0 aliphatic heterocycles. The molecule has 2 aliphatic carbocycles. The topological polar surface area (TPSA) is 105 Å². The summed E-state index contributed by atoms with van der Waals surface area (Å²) in [6, 6.07) is 0.0971. The number of nitrogens with two attached hydrogens (primary N) is 1. The summed E-state index contributed by atoms with van der Waals surface area (Å²) in [5, 5.41) is 5.47. The molecule has 0 radical (unpaired) electrons. The Morgan fingerprint density at radius 2 is 1.88 bits per heavy atom. The summed E-state index contributed by atoms with van der Waals surface area (Å²) in [6.45, 7) is 0.359. The third-order valence-electron chi connectivity index (χ3n) is 5.48. The predicted molar refractivity (Wildman–Crippen MR) is 91.0 cm³/mol. The summed E-state index contributed by atoms with van der Waals surface area (Å²) in [5.74, 6) is 0.218. The first kappa shape index (κ1) is 18.7. The molecule has 4 N–H and O–H groups in total. The zero-order chi connectivity index (χ0) is 17.5. The number of carbonyl (C=O) groups excluding carboxylic acids is 3. The molecule has 2 fully saturated rings. The second-order valence-corrected chi connectivity index (χ2v) is 7.06. The van der Waals surface area contributed by atoms with Crippen LogP contribution in [0.3, 0.4) is 0 Å². The van der Waals surface area contributed by atoms with Gasteiger partial charge in [-0.3, -0.25) is 14.4 Å². The van der Waals surface area contributed by atoms with Crippen LogP contribution in [-0.2, 0) is 14.4 Å². The first-order chi connectivity index (χ1) is 11.5. The summed E-state index contributed by atoms with van der Waals surface area (Å²) in [6.07, 6.45) is 7.70. The molecule has 136 valence electrons. The minimum absolute atomic E-state index is 0.0436. The zero-order valence-corrected chi connectivity index (χ0v) is 14.5. The van der Waals surface area contributed by atoms with Gasteiger partial charge in [0.25, 0.3) is 0 Å². The lowest BCUT2D eigenvalue weighted by atomic mass is 9.81. The van der Waals surface area contributed by atoms with Gasteiger partial charge in [0.2, 0.25) is 18.2 Å². The Hall–Kier alpha value is -1.63. The minimum Gasteiger partial charge on any atom is -0.358 e. The van der Waals surface area contributed by atoms with E-state index in [-0.39, 0.29) is 23.8 Å². The molecule has 0 saturated heterocycles. The summed E-state index contributed by atoms with van der Waals surface area (Å²) in [4.78, 5) is 36.2. The van der Waals surface area contributed by atoms with E-state index >= 15 is 0 Å². The van der Waals surface area contributed by atoms with Gasteiger partial charge in [-0.05, 0) is 50.9 Å². The van der Waals surface area contributed by atoms with Crippen LogP contribution in [0.15, 0.2) is 0 Å². The van der Waals surface area contributed by atoms with Crippen molar-refractivity contribution in [3.8, 4) is 0 Å². The fourth-order valence-electron chi connectivity index (χ4n) is 3.56. The van der Waals surface area contributed by atoms with Gasteiger partial charge in [-0.25, -0.2) is 0 Å². The van der Waals surface area contributed by atoms with Crippen molar-refractivity contribution in [2.45, 2.75) is 69.5 Å². The zero-order valence-electron chi connectivity index (χ0n) is 14.5. The third-order valence-corrected chi connectivity index (χ3v) is 5.48. The number of carbonyl (C=O) groups is 3. The van der Waals surface area contributed by atoms with E-state index in [1.54, 1.807) is 0 Å². The van der Waals surface area contributed by atoms with Crippen molar-refractivity contribution >= 4 is 18.2 Å². The molecule has 2 rings (SSSR count). The molecule has 0 aromatic rings. The normalized spacial score (nSPS) is 25.2. The average Bonchev–Trinajstić information content (AvgIpc) is 2.52. The van der Waals surface area contributed by atoms with Crippen LogP contribution >= 0.6 is 0 Å². The number of hydrogen-bond acceptors (Lipinski definition) is 4. The van der Waals surface area contributed by atoms with Crippen molar-refractivity contribution in [3.63, 3.8) is 0 Å². The fraction of sp³-hybridized carbons (Fsp3) is 0.824. The lowest BCUT2D eigenvalue weighted by Crippen LogP contribution is -2.52. The maximum absolute atomic E-state index is 12.5.